The summed E-state index contributed by atoms with van der Waals surface area (Å²) in [6, 6.07) is 35.6. The first-order valence-electron chi connectivity index (χ1n) is 18.7. The Kier molecular flexibility index (Phi) is 17.0. The Morgan fingerprint density at radius 3 is 1.16 bits per heavy atom. The molecule has 0 saturated carbocycles. The van der Waals surface area contributed by atoms with Gasteiger partial charge in [0.25, 0.3) is 0 Å². The van der Waals surface area contributed by atoms with Crippen LogP contribution in [0.25, 0.3) is 22.3 Å². The molecule has 292 valence electrons. The second-order valence-corrected chi connectivity index (χ2v) is 16.4. The first kappa shape index (κ1) is 44.2. The topological polar surface area (TPSA) is 120 Å². The molecule has 0 unspecified atom stereocenters. The molecule has 5 aromatic rings. The molecule has 55 heavy (non-hydrogen) atoms. The van der Waals surface area contributed by atoms with Gasteiger partial charge in [-0.05, 0) is 147 Å². The molecular formula is C45H53BBr2O7. The minimum Gasteiger partial charge on any atom is -0.508 e. The molecular weight excluding hydrogens is 823 g/mol. The summed E-state index contributed by atoms with van der Waals surface area (Å²) in [4.78, 5) is 0. The number of phenolic OH excluding ortho intramolecular Hbond substituents is 2. The van der Waals surface area contributed by atoms with Crippen LogP contribution in [0, 0.1) is 0 Å². The number of benzene rings is 5. The van der Waals surface area contributed by atoms with Gasteiger partial charge in [-0.2, -0.15) is 0 Å². The summed E-state index contributed by atoms with van der Waals surface area (Å²) in [6.45, 7) is 8.88. The largest absolute Gasteiger partial charge is 0.508 e. The third-order valence-corrected chi connectivity index (χ3v) is 10.6. The molecule has 0 radical (unpaired) electrons. The van der Waals surface area contributed by atoms with Crippen LogP contribution >= 0.6 is 31.9 Å². The molecule has 1 heterocycles. The minimum atomic E-state index is -0.298. The smallest absolute Gasteiger partial charge is 0.494 e. The number of aromatic hydroxyl groups is 2. The van der Waals surface area contributed by atoms with E-state index in [1.54, 1.807) is 24.3 Å². The molecule has 5 aromatic carbocycles. The standard InChI is InChI=1S/C24H26O3.C15H23BO3.C6H4Br2O/c25-13-1-3-18-5-9-20(10-6-18)22-15-23(17-24(27)16-22)21-11-7-19(8-12-21)4-2-14-26;1-14(2)15(3,4)19-16(18-14)13-9-7-12(8-10-13)6-5-11-17;7-4-1-5(8)3-6(9)2-4/h5-12,15-17,25-27H,1-4,13-14H2;7-10,17H,5-6,11H2,1-4H3;1-3,9H. The van der Waals surface area contributed by atoms with Gasteiger partial charge < -0.3 is 34.8 Å². The predicted molar refractivity (Wildman–Crippen MR) is 231 cm³/mol. The monoisotopic (exact) mass is 874 g/mol. The summed E-state index contributed by atoms with van der Waals surface area (Å²) in [5.74, 6) is 0.507. The van der Waals surface area contributed by atoms with E-state index in [9.17, 15) is 5.11 Å². The normalized spacial score (nSPS) is 14.1. The van der Waals surface area contributed by atoms with E-state index in [1.807, 2.05) is 6.07 Å². The highest BCUT2D eigenvalue weighted by Gasteiger charge is 2.51. The first-order valence-corrected chi connectivity index (χ1v) is 20.3. The molecule has 0 bridgehead atoms. The third kappa shape index (κ3) is 13.6. The van der Waals surface area contributed by atoms with Gasteiger partial charge in [-0.25, -0.2) is 0 Å². The van der Waals surface area contributed by atoms with Gasteiger partial charge in [0.05, 0.1) is 11.2 Å². The van der Waals surface area contributed by atoms with E-state index < -0.39 is 0 Å². The molecule has 0 spiro atoms. The van der Waals surface area contributed by atoms with Crippen molar-refractivity contribution in [2.45, 2.75) is 77.4 Å². The zero-order chi connectivity index (χ0) is 40.0. The van der Waals surface area contributed by atoms with E-state index in [-0.39, 0.29) is 49.6 Å². The predicted octanol–water partition coefficient (Wildman–Crippen LogP) is 9.40. The number of phenols is 2. The lowest BCUT2D eigenvalue weighted by Crippen LogP contribution is -2.41. The number of hydrogen-bond acceptors (Lipinski definition) is 7. The van der Waals surface area contributed by atoms with E-state index in [1.165, 1.54) is 16.7 Å². The van der Waals surface area contributed by atoms with Gasteiger partial charge in [0.2, 0.25) is 0 Å². The molecule has 10 heteroatoms. The van der Waals surface area contributed by atoms with E-state index in [2.05, 4.69) is 138 Å². The van der Waals surface area contributed by atoms with Crippen molar-refractivity contribution in [1.29, 1.82) is 0 Å². The van der Waals surface area contributed by atoms with Gasteiger partial charge in [0.15, 0.2) is 0 Å². The van der Waals surface area contributed by atoms with Crippen LogP contribution < -0.4 is 5.46 Å². The van der Waals surface area contributed by atoms with E-state index in [0.717, 1.165) is 75.2 Å². The van der Waals surface area contributed by atoms with Crippen LogP contribution in [0.4, 0.5) is 0 Å². The fourth-order valence-corrected chi connectivity index (χ4v) is 7.15. The van der Waals surface area contributed by atoms with Crippen LogP contribution in [0.3, 0.4) is 0 Å². The first-order chi connectivity index (χ1) is 26.2. The molecule has 7 nitrogen and oxygen atoms in total. The number of aliphatic hydroxyl groups is 3. The molecule has 1 saturated heterocycles. The fourth-order valence-electron chi connectivity index (χ4n) is 5.88. The van der Waals surface area contributed by atoms with Gasteiger partial charge in [-0.15, -0.1) is 0 Å². The van der Waals surface area contributed by atoms with Crippen molar-refractivity contribution >= 4 is 44.4 Å². The van der Waals surface area contributed by atoms with Crippen molar-refractivity contribution in [1.82, 2.24) is 0 Å². The highest BCUT2D eigenvalue weighted by Crippen LogP contribution is 2.36. The Morgan fingerprint density at radius 2 is 0.818 bits per heavy atom. The molecule has 0 aliphatic carbocycles. The van der Waals surface area contributed by atoms with Crippen LogP contribution in [0.2, 0.25) is 0 Å². The van der Waals surface area contributed by atoms with Crippen LogP contribution in [0.15, 0.2) is 118 Å². The maximum atomic E-state index is 10.2. The van der Waals surface area contributed by atoms with Crippen LogP contribution in [0.1, 0.15) is 63.6 Å². The Bertz CT molecular complexity index is 1780. The Hall–Kier alpha value is -3.48. The average Bonchev–Trinajstić information content (AvgIpc) is 3.38. The summed E-state index contributed by atoms with van der Waals surface area (Å²) >= 11 is 6.45. The highest BCUT2D eigenvalue weighted by molar-refractivity contribution is 9.11. The maximum absolute atomic E-state index is 10.2. The molecule has 1 aliphatic rings. The molecule has 0 atom stereocenters. The maximum Gasteiger partial charge on any atom is 0.494 e. The summed E-state index contributed by atoms with van der Waals surface area (Å²) in [5.41, 5.74) is 8.14. The molecule has 1 fully saturated rings. The number of aliphatic hydroxyl groups excluding tert-OH is 3. The van der Waals surface area contributed by atoms with Crippen molar-refractivity contribution in [3.05, 3.63) is 135 Å². The lowest BCUT2D eigenvalue weighted by Gasteiger charge is -2.32. The zero-order valence-corrected chi connectivity index (χ0v) is 35.3. The fraction of sp³-hybridized carbons (Fsp3) is 0.333. The van der Waals surface area contributed by atoms with E-state index in [4.69, 9.17) is 29.7 Å². The number of aryl methyl sites for hydroxylation is 3. The number of hydrogen-bond donors (Lipinski definition) is 5. The number of halogens is 2. The van der Waals surface area contributed by atoms with Crippen LogP contribution in [0.5, 0.6) is 11.5 Å². The zero-order valence-electron chi connectivity index (χ0n) is 32.1. The van der Waals surface area contributed by atoms with Crippen molar-refractivity contribution < 1.29 is 34.8 Å². The van der Waals surface area contributed by atoms with Crippen LogP contribution in [-0.4, -0.2) is 63.7 Å². The summed E-state index contributed by atoms with van der Waals surface area (Å²) in [5, 5.41) is 45.9. The van der Waals surface area contributed by atoms with Crippen molar-refractivity contribution in [3.63, 3.8) is 0 Å². The van der Waals surface area contributed by atoms with Gasteiger partial charge in [-0.1, -0.05) is 105 Å². The highest BCUT2D eigenvalue weighted by atomic mass is 79.9. The lowest BCUT2D eigenvalue weighted by atomic mass is 9.79. The Morgan fingerprint density at radius 1 is 0.473 bits per heavy atom. The summed E-state index contributed by atoms with van der Waals surface area (Å²) in [7, 11) is -0.295. The van der Waals surface area contributed by atoms with Gasteiger partial charge in [0.1, 0.15) is 11.5 Å². The Labute approximate surface area is 343 Å². The second kappa shape index (κ2) is 21.2. The van der Waals surface area contributed by atoms with Crippen LogP contribution in [-0.2, 0) is 28.6 Å². The molecule has 0 amide bonds. The third-order valence-electron chi connectivity index (χ3n) is 9.72. The van der Waals surface area contributed by atoms with E-state index in [0.29, 0.717) is 0 Å². The van der Waals surface area contributed by atoms with Crippen molar-refractivity contribution in [2.75, 3.05) is 19.8 Å². The van der Waals surface area contributed by atoms with Gasteiger partial charge in [0, 0.05) is 28.8 Å². The summed E-state index contributed by atoms with van der Waals surface area (Å²) in [6.07, 6.45) is 4.97. The van der Waals surface area contributed by atoms with Gasteiger partial charge in [-0.3, -0.25) is 0 Å². The van der Waals surface area contributed by atoms with Crippen molar-refractivity contribution in [2.24, 2.45) is 0 Å². The quantitative estimate of drug-likeness (QED) is 0.0793. The molecule has 6 rings (SSSR count). The average molecular weight is 877 g/mol. The SMILES string of the molecule is CC1(C)OB(c2ccc(CCCO)cc2)OC1(C)C.OCCCc1ccc(-c2cc(O)cc(-c3ccc(CCCO)cc3)c2)cc1.Oc1cc(Br)cc(Br)c1. The van der Waals surface area contributed by atoms with Gasteiger partial charge >= 0.3 is 7.12 Å². The molecule has 1 aliphatic heterocycles. The van der Waals surface area contributed by atoms with Crippen molar-refractivity contribution in [3.8, 4) is 33.8 Å². The lowest BCUT2D eigenvalue weighted by molar-refractivity contribution is 0.00578. The molecule has 5 N–H and O–H groups in total. The van der Waals surface area contributed by atoms with E-state index >= 15 is 0 Å². The minimum absolute atomic E-state index is 0.205. The molecule has 0 aromatic heterocycles. The number of rotatable bonds is 12. The second-order valence-electron chi connectivity index (χ2n) is 14.6. The summed E-state index contributed by atoms with van der Waals surface area (Å²) < 4.78 is 13.8. The Balaban J connectivity index is 0.000000207.